The Balaban J connectivity index is 3.57. The molecule has 0 fully saturated rings. The first-order chi connectivity index (χ1) is 7.94. The second kappa shape index (κ2) is 4.42. The lowest BCUT2D eigenvalue weighted by Crippen LogP contribution is -2.26. The molecule has 100 valence electrons. The van der Waals surface area contributed by atoms with Crippen LogP contribution in [0.1, 0.15) is 15.9 Å². The fourth-order valence-electron chi connectivity index (χ4n) is 1.19. The van der Waals surface area contributed by atoms with Crippen LogP contribution in [-0.2, 0) is 6.18 Å². The van der Waals surface area contributed by atoms with E-state index in [-0.39, 0.29) is 12.1 Å². The number of Topliss-reactive ketones (excluding diaryl/α,β-unsaturated/α-hetero) is 1. The molecular formula is C9H2ClF7O. The van der Waals surface area contributed by atoms with Crippen molar-refractivity contribution in [3.8, 4) is 0 Å². The van der Waals surface area contributed by atoms with Gasteiger partial charge in [-0.15, -0.1) is 0 Å². The zero-order chi connectivity index (χ0) is 14.3. The average molecular weight is 295 g/mol. The van der Waals surface area contributed by atoms with Crippen LogP contribution in [0.5, 0.6) is 0 Å². The van der Waals surface area contributed by atoms with E-state index in [2.05, 4.69) is 0 Å². The molecule has 0 saturated carbocycles. The van der Waals surface area contributed by atoms with Crippen molar-refractivity contribution in [2.45, 2.75) is 12.4 Å². The largest absolute Gasteiger partial charge is 0.454 e. The van der Waals surface area contributed by atoms with Crippen molar-refractivity contribution >= 4 is 17.4 Å². The van der Waals surface area contributed by atoms with Gasteiger partial charge < -0.3 is 0 Å². The molecule has 0 bridgehead atoms. The van der Waals surface area contributed by atoms with Gasteiger partial charge in [-0.2, -0.15) is 26.3 Å². The lowest BCUT2D eigenvalue weighted by Gasteiger charge is -2.15. The minimum Gasteiger partial charge on any atom is -0.284 e. The molecule has 18 heavy (non-hydrogen) atoms. The first-order valence-corrected chi connectivity index (χ1v) is 4.50. The molecule has 0 aliphatic heterocycles. The normalized spacial score (nSPS) is 12.7. The summed E-state index contributed by atoms with van der Waals surface area (Å²) in [6.07, 6.45) is -10.9. The second-order valence-electron chi connectivity index (χ2n) is 3.13. The SMILES string of the molecule is O=C(c1cc(F)cc(Cl)c1C(F)(F)F)C(F)(F)F. The quantitative estimate of drug-likeness (QED) is 0.559. The van der Waals surface area contributed by atoms with Crippen LogP contribution in [0.2, 0.25) is 5.02 Å². The molecule has 0 spiro atoms. The highest BCUT2D eigenvalue weighted by Gasteiger charge is 2.46. The van der Waals surface area contributed by atoms with Gasteiger partial charge in [0, 0.05) is 5.56 Å². The zero-order valence-corrected chi connectivity index (χ0v) is 8.84. The van der Waals surface area contributed by atoms with E-state index in [4.69, 9.17) is 11.6 Å². The number of benzene rings is 1. The zero-order valence-electron chi connectivity index (χ0n) is 8.09. The molecule has 0 aromatic heterocycles. The first kappa shape index (κ1) is 14.7. The van der Waals surface area contributed by atoms with Crippen LogP contribution in [-0.4, -0.2) is 12.0 Å². The number of halogens is 8. The van der Waals surface area contributed by atoms with Gasteiger partial charge >= 0.3 is 12.4 Å². The molecule has 0 heterocycles. The molecule has 0 aliphatic carbocycles. The Morgan fingerprint density at radius 1 is 1.06 bits per heavy atom. The predicted molar refractivity (Wildman–Crippen MR) is 46.8 cm³/mol. The first-order valence-electron chi connectivity index (χ1n) is 4.12. The summed E-state index contributed by atoms with van der Waals surface area (Å²) in [5.41, 5.74) is -3.87. The molecule has 0 amide bonds. The van der Waals surface area contributed by atoms with Gasteiger partial charge in [-0.25, -0.2) is 4.39 Å². The van der Waals surface area contributed by atoms with E-state index in [1.54, 1.807) is 0 Å². The predicted octanol–water partition coefficient (Wildman–Crippen LogP) is 4.24. The van der Waals surface area contributed by atoms with Crippen molar-refractivity contribution < 1.29 is 35.5 Å². The van der Waals surface area contributed by atoms with Crippen molar-refractivity contribution in [2.24, 2.45) is 0 Å². The summed E-state index contributed by atoms with van der Waals surface area (Å²) in [7, 11) is 0. The number of rotatable bonds is 1. The highest BCUT2D eigenvalue weighted by Crippen LogP contribution is 2.39. The maximum Gasteiger partial charge on any atom is 0.454 e. The summed E-state index contributed by atoms with van der Waals surface area (Å²) in [4.78, 5) is 10.8. The third kappa shape index (κ3) is 2.92. The van der Waals surface area contributed by atoms with Crippen molar-refractivity contribution in [3.63, 3.8) is 0 Å². The number of hydrogen-bond acceptors (Lipinski definition) is 1. The Labute approximate surface area is 100 Å². The van der Waals surface area contributed by atoms with Crippen LogP contribution < -0.4 is 0 Å². The third-order valence-corrected chi connectivity index (χ3v) is 2.14. The monoisotopic (exact) mass is 294 g/mol. The fourth-order valence-corrected chi connectivity index (χ4v) is 1.51. The Kier molecular flexibility index (Phi) is 3.62. The molecule has 9 heteroatoms. The van der Waals surface area contributed by atoms with E-state index in [0.717, 1.165) is 0 Å². The number of ketones is 1. The number of hydrogen-bond donors (Lipinski definition) is 0. The van der Waals surface area contributed by atoms with Gasteiger partial charge in [-0.05, 0) is 12.1 Å². The number of carbonyl (C=O) groups is 1. The van der Waals surface area contributed by atoms with Gasteiger partial charge in [-0.1, -0.05) is 11.6 Å². The standard InChI is InChI=1S/C9H2ClF7O/c10-5-2-3(11)1-4(6(5)8(12,13)14)7(18)9(15,16)17/h1-2H. The average Bonchev–Trinajstić information content (AvgIpc) is 2.11. The van der Waals surface area contributed by atoms with E-state index >= 15 is 0 Å². The molecule has 1 nitrogen and oxygen atoms in total. The van der Waals surface area contributed by atoms with Gasteiger partial charge in [0.15, 0.2) is 0 Å². The summed E-state index contributed by atoms with van der Waals surface area (Å²) in [5, 5.41) is -1.31. The Morgan fingerprint density at radius 2 is 1.56 bits per heavy atom. The van der Waals surface area contributed by atoms with Crippen LogP contribution in [0, 0.1) is 5.82 Å². The number of carbonyl (C=O) groups excluding carboxylic acids is 1. The van der Waals surface area contributed by atoms with Gasteiger partial charge in [0.2, 0.25) is 0 Å². The van der Waals surface area contributed by atoms with E-state index in [1.807, 2.05) is 0 Å². The molecule has 0 unspecified atom stereocenters. The maximum absolute atomic E-state index is 12.8. The smallest absolute Gasteiger partial charge is 0.284 e. The topological polar surface area (TPSA) is 17.1 Å². The molecule has 1 rings (SSSR count). The van der Waals surface area contributed by atoms with Gasteiger partial charge in [0.05, 0.1) is 10.6 Å². The lowest BCUT2D eigenvalue weighted by atomic mass is 10.0. The molecule has 0 N–H and O–H groups in total. The molecule has 1 aromatic rings. The maximum atomic E-state index is 12.8. The summed E-state index contributed by atoms with van der Waals surface area (Å²) in [5.74, 6) is -4.28. The van der Waals surface area contributed by atoms with Crippen LogP contribution in [0.15, 0.2) is 12.1 Å². The van der Waals surface area contributed by atoms with Gasteiger partial charge in [0.25, 0.3) is 5.78 Å². The van der Waals surface area contributed by atoms with E-state index in [1.165, 1.54) is 0 Å². The van der Waals surface area contributed by atoms with Gasteiger partial charge in [0.1, 0.15) is 5.82 Å². The summed E-state index contributed by atoms with van der Waals surface area (Å²) < 4.78 is 86.4. The van der Waals surface area contributed by atoms with Crippen LogP contribution in [0.3, 0.4) is 0 Å². The van der Waals surface area contributed by atoms with E-state index in [9.17, 15) is 35.5 Å². The lowest BCUT2D eigenvalue weighted by molar-refractivity contribution is -0.138. The van der Waals surface area contributed by atoms with E-state index < -0.39 is 40.1 Å². The Morgan fingerprint density at radius 3 is 1.94 bits per heavy atom. The molecule has 0 radical (unpaired) electrons. The van der Waals surface area contributed by atoms with Crippen molar-refractivity contribution in [1.82, 2.24) is 0 Å². The summed E-state index contributed by atoms with van der Waals surface area (Å²) in [6, 6.07) is 0.0298. The fraction of sp³-hybridized carbons (Fsp3) is 0.222. The number of alkyl halides is 6. The molecule has 0 saturated heterocycles. The Hall–Kier alpha value is -1.31. The molecular weight excluding hydrogens is 293 g/mol. The second-order valence-corrected chi connectivity index (χ2v) is 3.54. The minimum absolute atomic E-state index is 0.148. The van der Waals surface area contributed by atoms with Crippen molar-refractivity contribution in [3.05, 3.63) is 34.1 Å². The Bertz CT molecular complexity index is 489. The van der Waals surface area contributed by atoms with Gasteiger partial charge in [-0.3, -0.25) is 4.79 Å². The van der Waals surface area contributed by atoms with Crippen molar-refractivity contribution in [1.29, 1.82) is 0 Å². The third-order valence-electron chi connectivity index (χ3n) is 1.84. The van der Waals surface area contributed by atoms with E-state index in [0.29, 0.717) is 0 Å². The van der Waals surface area contributed by atoms with Crippen LogP contribution in [0.4, 0.5) is 30.7 Å². The van der Waals surface area contributed by atoms with Crippen LogP contribution in [0.25, 0.3) is 0 Å². The molecule has 1 aromatic carbocycles. The van der Waals surface area contributed by atoms with Crippen molar-refractivity contribution in [2.75, 3.05) is 0 Å². The highest BCUT2D eigenvalue weighted by molar-refractivity contribution is 6.32. The molecule has 0 atom stereocenters. The summed E-state index contributed by atoms with van der Waals surface area (Å²) >= 11 is 5.03. The highest BCUT2D eigenvalue weighted by atomic mass is 35.5. The summed E-state index contributed by atoms with van der Waals surface area (Å²) in [6.45, 7) is 0. The molecule has 0 aliphatic rings. The minimum atomic E-state index is -5.56. The van der Waals surface area contributed by atoms with Crippen LogP contribution >= 0.6 is 11.6 Å².